The Morgan fingerprint density at radius 2 is 2.00 bits per heavy atom. The monoisotopic (exact) mass is 300 g/mol. The van der Waals surface area contributed by atoms with Crippen LogP contribution in [-0.2, 0) is 16.1 Å². The summed E-state index contributed by atoms with van der Waals surface area (Å²) < 4.78 is 1.45. The molecule has 3 rings (SSSR count). The van der Waals surface area contributed by atoms with Gasteiger partial charge in [-0.25, -0.2) is 0 Å². The lowest BCUT2D eigenvalue weighted by Crippen LogP contribution is -2.39. The average Bonchev–Trinajstić information content (AvgIpc) is 3.32. The van der Waals surface area contributed by atoms with E-state index in [2.05, 4.69) is 15.7 Å². The maximum Gasteiger partial charge on any atom is 0.242 e. The number of carbonyl (C=O) groups is 2. The van der Waals surface area contributed by atoms with Gasteiger partial charge in [0.15, 0.2) is 0 Å². The van der Waals surface area contributed by atoms with E-state index in [1.807, 2.05) is 0 Å². The lowest BCUT2D eigenvalue weighted by Gasteiger charge is -2.09. The average molecular weight is 300 g/mol. The Bertz CT molecular complexity index is 780. The van der Waals surface area contributed by atoms with Crippen molar-refractivity contribution in [1.82, 2.24) is 20.4 Å². The summed E-state index contributed by atoms with van der Waals surface area (Å²) in [5.74, 6) is -0.513. The first-order valence-corrected chi connectivity index (χ1v) is 7.14. The van der Waals surface area contributed by atoms with Crippen LogP contribution in [0.15, 0.2) is 35.3 Å². The van der Waals surface area contributed by atoms with Crippen molar-refractivity contribution in [2.24, 2.45) is 0 Å². The molecule has 1 aromatic carbocycles. The van der Waals surface area contributed by atoms with Gasteiger partial charge in [-0.15, -0.1) is 0 Å². The molecule has 114 valence electrons. The minimum Gasteiger partial charge on any atom is -0.352 e. The van der Waals surface area contributed by atoms with E-state index in [0.29, 0.717) is 10.9 Å². The van der Waals surface area contributed by atoms with Crippen molar-refractivity contribution in [1.29, 1.82) is 0 Å². The number of hydrogen-bond acceptors (Lipinski definition) is 4. The standard InChI is InChI=1S/C15H16N4O3/c20-13-7-17-19(12-4-2-1-3-11(12)13)9-15(22)16-8-14(21)18-10-5-6-10/h1-4,7,10H,5-6,8-9H2,(H,16,22)(H,18,21). The Morgan fingerprint density at radius 1 is 1.23 bits per heavy atom. The third-order valence-electron chi connectivity index (χ3n) is 3.44. The molecule has 0 radical (unpaired) electrons. The van der Waals surface area contributed by atoms with Gasteiger partial charge in [0.1, 0.15) is 6.54 Å². The molecule has 0 unspecified atom stereocenters. The van der Waals surface area contributed by atoms with Gasteiger partial charge < -0.3 is 10.6 Å². The third kappa shape index (κ3) is 3.30. The van der Waals surface area contributed by atoms with Gasteiger partial charge in [0.05, 0.1) is 18.3 Å². The number of aromatic nitrogens is 2. The van der Waals surface area contributed by atoms with Crippen LogP contribution < -0.4 is 16.1 Å². The summed E-state index contributed by atoms with van der Waals surface area (Å²) in [5.41, 5.74) is 0.406. The quantitative estimate of drug-likeness (QED) is 0.799. The van der Waals surface area contributed by atoms with Crippen molar-refractivity contribution in [2.75, 3.05) is 6.54 Å². The molecular formula is C15H16N4O3. The van der Waals surface area contributed by atoms with E-state index in [9.17, 15) is 14.4 Å². The maximum atomic E-state index is 11.9. The summed E-state index contributed by atoms with van der Waals surface area (Å²) in [7, 11) is 0. The molecule has 1 saturated carbocycles. The second-order valence-electron chi connectivity index (χ2n) is 5.30. The topological polar surface area (TPSA) is 93.1 Å². The number of carbonyl (C=O) groups excluding carboxylic acids is 2. The second kappa shape index (κ2) is 5.97. The first-order valence-electron chi connectivity index (χ1n) is 7.14. The van der Waals surface area contributed by atoms with Gasteiger partial charge in [-0.2, -0.15) is 5.10 Å². The molecule has 0 aliphatic heterocycles. The second-order valence-corrected chi connectivity index (χ2v) is 5.30. The van der Waals surface area contributed by atoms with E-state index in [-0.39, 0.29) is 36.4 Å². The van der Waals surface area contributed by atoms with Gasteiger partial charge in [0.2, 0.25) is 17.2 Å². The fourth-order valence-corrected chi connectivity index (χ4v) is 2.16. The predicted molar refractivity (Wildman–Crippen MR) is 80.2 cm³/mol. The summed E-state index contributed by atoms with van der Waals surface area (Å²) in [4.78, 5) is 35.1. The van der Waals surface area contributed by atoms with Crippen molar-refractivity contribution in [2.45, 2.75) is 25.4 Å². The van der Waals surface area contributed by atoms with E-state index < -0.39 is 0 Å². The van der Waals surface area contributed by atoms with Gasteiger partial charge in [0, 0.05) is 11.4 Å². The Hall–Kier alpha value is -2.70. The van der Waals surface area contributed by atoms with Crippen LogP contribution in [0.25, 0.3) is 10.9 Å². The SMILES string of the molecule is O=C(Cn1ncc(=O)c2ccccc21)NCC(=O)NC1CC1. The van der Waals surface area contributed by atoms with Crippen molar-refractivity contribution in [3.8, 4) is 0 Å². The van der Waals surface area contributed by atoms with Gasteiger partial charge in [-0.05, 0) is 25.0 Å². The van der Waals surface area contributed by atoms with Crippen LogP contribution in [0.2, 0.25) is 0 Å². The van der Waals surface area contributed by atoms with Crippen LogP contribution in [0.4, 0.5) is 0 Å². The van der Waals surface area contributed by atoms with Crippen LogP contribution in [0.1, 0.15) is 12.8 Å². The summed E-state index contributed by atoms with van der Waals surface area (Å²) in [6, 6.07) is 7.24. The molecule has 0 atom stereocenters. The number of fused-ring (bicyclic) bond motifs is 1. The van der Waals surface area contributed by atoms with Crippen LogP contribution in [0.3, 0.4) is 0 Å². The fourth-order valence-electron chi connectivity index (χ4n) is 2.16. The number of hydrogen-bond donors (Lipinski definition) is 2. The van der Waals surface area contributed by atoms with E-state index >= 15 is 0 Å². The maximum absolute atomic E-state index is 11.9. The molecule has 22 heavy (non-hydrogen) atoms. The fraction of sp³-hybridized carbons (Fsp3) is 0.333. The molecule has 1 fully saturated rings. The first-order chi connectivity index (χ1) is 10.6. The van der Waals surface area contributed by atoms with E-state index in [4.69, 9.17) is 0 Å². The molecule has 1 aliphatic rings. The van der Waals surface area contributed by atoms with Crippen LogP contribution in [0, 0.1) is 0 Å². The summed E-state index contributed by atoms with van der Waals surface area (Å²) in [6.45, 7) is -0.0923. The Morgan fingerprint density at radius 3 is 2.77 bits per heavy atom. The van der Waals surface area contributed by atoms with Crippen LogP contribution >= 0.6 is 0 Å². The minimum atomic E-state index is -0.327. The van der Waals surface area contributed by atoms with E-state index in [1.54, 1.807) is 24.3 Å². The summed E-state index contributed by atoms with van der Waals surface area (Å²) in [6.07, 6.45) is 3.20. The number of para-hydroxylation sites is 1. The van der Waals surface area contributed by atoms with Gasteiger partial charge in [-0.3, -0.25) is 19.1 Å². The lowest BCUT2D eigenvalue weighted by molar-refractivity contribution is -0.126. The molecule has 0 spiro atoms. The molecule has 7 nitrogen and oxygen atoms in total. The zero-order valence-electron chi connectivity index (χ0n) is 11.9. The molecule has 2 N–H and O–H groups in total. The third-order valence-corrected chi connectivity index (χ3v) is 3.44. The molecule has 7 heteroatoms. The summed E-state index contributed by atoms with van der Waals surface area (Å²) in [5, 5.41) is 9.83. The largest absolute Gasteiger partial charge is 0.352 e. The van der Waals surface area contributed by atoms with Crippen molar-refractivity contribution in [3.63, 3.8) is 0 Å². The molecule has 1 aromatic heterocycles. The lowest BCUT2D eigenvalue weighted by atomic mass is 10.2. The molecule has 2 aromatic rings. The van der Waals surface area contributed by atoms with Crippen molar-refractivity contribution in [3.05, 3.63) is 40.7 Å². The highest BCUT2D eigenvalue weighted by atomic mass is 16.2. The smallest absolute Gasteiger partial charge is 0.242 e. The predicted octanol–water partition coefficient (Wildman–Crippen LogP) is -0.209. The highest BCUT2D eigenvalue weighted by Gasteiger charge is 2.23. The van der Waals surface area contributed by atoms with Gasteiger partial charge >= 0.3 is 0 Å². The highest BCUT2D eigenvalue weighted by molar-refractivity contribution is 5.86. The number of nitrogens with zero attached hydrogens (tertiary/aromatic N) is 2. The summed E-state index contributed by atoms with van der Waals surface area (Å²) >= 11 is 0. The molecule has 0 bridgehead atoms. The van der Waals surface area contributed by atoms with Crippen molar-refractivity contribution >= 4 is 22.7 Å². The molecular weight excluding hydrogens is 284 g/mol. The normalized spacial score (nSPS) is 13.8. The Balaban J connectivity index is 1.65. The molecule has 2 amide bonds. The molecule has 1 heterocycles. The minimum absolute atomic E-state index is 0.0441. The molecule has 1 aliphatic carbocycles. The molecule has 0 saturated heterocycles. The highest BCUT2D eigenvalue weighted by Crippen LogP contribution is 2.18. The first kappa shape index (κ1) is 14.2. The zero-order valence-corrected chi connectivity index (χ0v) is 11.9. The number of rotatable bonds is 5. The number of amides is 2. The van der Waals surface area contributed by atoms with Gasteiger partial charge in [-0.1, -0.05) is 12.1 Å². The van der Waals surface area contributed by atoms with E-state index in [0.717, 1.165) is 12.8 Å². The van der Waals surface area contributed by atoms with Gasteiger partial charge in [0.25, 0.3) is 0 Å². The van der Waals surface area contributed by atoms with Crippen LogP contribution in [-0.4, -0.2) is 34.2 Å². The van der Waals surface area contributed by atoms with Crippen molar-refractivity contribution < 1.29 is 9.59 Å². The Kier molecular flexibility index (Phi) is 3.86. The number of benzene rings is 1. The van der Waals surface area contributed by atoms with E-state index in [1.165, 1.54) is 10.9 Å². The zero-order chi connectivity index (χ0) is 15.5. The van der Waals surface area contributed by atoms with Crippen LogP contribution in [0.5, 0.6) is 0 Å². The number of nitrogens with one attached hydrogen (secondary N) is 2. The Labute approximate surface area is 126 Å².